The second-order valence-electron chi connectivity index (χ2n) is 3.92. The van der Waals surface area contributed by atoms with Crippen LogP contribution in [-0.2, 0) is 4.79 Å². The second kappa shape index (κ2) is 10.0. The third kappa shape index (κ3) is 5.64. The van der Waals surface area contributed by atoms with Gasteiger partial charge in [0, 0.05) is 0 Å². The Hall–Kier alpha value is -1.15. The molecular formula is C15H25NO. The van der Waals surface area contributed by atoms with E-state index in [1.165, 1.54) is 6.42 Å². The molecule has 0 bridgehead atoms. The Morgan fingerprint density at radius 3 is 1.88 bits per heavy atom. The molecule has 1 rings (SSSR count). The Kier molecular flexibility index (Phi) is 9.35. The van der Waals surface area contributed by atoms with Crippen LogP contribution in [0.2, 0.25) is 0 Å². The molecule has 0 aliphatic heterocycles. The van der Waals surface area contributed by atoms with Gasteiger partial charge in [-0.05, 0) is 18.7 Å². The minimum Gasteiger partial charge on any atom is -0.301 e. The molecule has 0 spiro atoms. The minimum atomic E-state index is -0.0915. The predicted molar refractivity (Wildman–Crippen MR) is 74.1 cm³/mol. The van der Waals surface area contributed by atoms with Crippen LogP contribution in [0.5, 0.6) is 0 Å². The number of aldehydes is 1. The van der Waals surface area contributed by atoms with Gasteiger partial charge in [-0.1, -0.05) is 64.4 Å². The summed E-state index contributed by atoms with van der Waals surface area (Å²) in [6.07, 6.45) is 2.27. The predicted octanol–water partition coefficient (Wildman–Crippen LogP) is 3.68. The van der Waals surface area contributed by atoms with E-state index in [-0.39, 0.29) is 6.04 Å². The fourth-order valence-electron chi connectivity index (χ4n) is 1.64. The normalized spacial score (nSPS) is 11.6. The molecule has 0 radical (unpaired) electrons. The van der Waals surface area contributed by atoms with Crippen LogP contribution in [0.25, 0.3) is 0 Å². The molecule has 0 aliphatic carbocycles. The lowest BCUT2D eigenvalue weighted by molar-refractivity contribution is -0.112. The first-order valence-corrected chi connectivity index (χ1v) is 6.49. The van der Waals surface area contributed by atoms with Gasteiger partial charge in [-0.3, -0.25) is 4.90 Å². The van der Waals surface area contributed by atoms with E-state index < -0.39 is 0 Å². The average Bonchev–Trinajstić information content (AvgIpc) is 2.37. The van der Waals surface area contributed by atoms with E-state index in [4.69, 9.17) is 0 Å². The van der Waals surface area contributed by atoms with Crippen molar-refractivity contribution in [3.63, 3.8) is 0 Å². The molecule has 1 unspecified atom stereocenters. The lowest BCUT2D eigenvalue weighted by Crippen LogP contribution is -2.29. The van der Waals surface area contributed by atoms with Crippen molar-refractivity contribution >= 4 is 6.29 Å². The molecule has 0 saturated heterocycles. The Labute approximate surface area is 106 Å². The summed E-state index contributed by atoms with van der Waals surface area (Å²) in [5.41, 5.74) is 1.08. The van der Waals surface area contributed by atoms with Gasteiger partial charge in [-0.15, -0.1) is 0 Å². The molecule has 0 heterocycles. The first-order chi connectivity index (χ1) is 8.24. The fourth-order valence-corrected chi connectivity index (χ4v) is 1.64. The zero-order valence-electron chi connectivity index (χ0n) is 11.5. The third-order valence-corrected chi connectivity index (χ3v) is 2.48. The van der Waals surface area contributed by atoms with Crippen molar-refractivity contribution in [2.45, 2.75) is 40.2 Å². The maximum atomic E-state index is 11.0. The molecule has 0 aliphatic rings. The Balaban J connectivity index is 0.000000770. The lowest BCUT2D eigenvalue weighted by Gasteiger charge is -2.25. The molecule has 1 atom stereocenters. The summed E-state index contributed by atoms with van der Waals surface area (Å²) in [5, 5.41) is 0. The van der Waals surface area contributed by atoms with E-state index in [9.17, 15) is 4.79 Å². The molecule has 2 heteroatoms. The Morgan fingerprint density at radius 1 is 1.06 bits per heavy atom. The fraction of sp³-hybridized carbons (Fsp3) is 0.533. The summed E-state index contributed by atoms with van der Waals surface area (Å²) < 4.78 is 0. The summed E-state index contributed by atoms with van der Waals surface area (Å²) in [7, 11) is 0. The van der Waals surface area contributed by atoms with Crippen molar-refractivity contribution in [2.24, 2.45) is 0 Å². The highest BCUT2D eigenvalue weighted by Gasteiger charge is 2.15. The van der Waals surface area contributed by atoms with E-state index >= 15 is 0 Å². The van der Waals surface area contributed by atoms with Crippen molar-refractivity contribution < 1.29 is 4.79 Å². The lowest BCUT2D eigenvalue weighted by atomic mass is 10.1. The molecule has 1 aromatic rings. The van der Waals surface area contributed by atoms with E-state index in [2.05, 4.69) is 32.6 Å². The van der Waals surface area contributed by atoms with Gasteiger partial charge in [-0.25, -0.2) is 0 Å². The highest BCUT2D eigenvalue weighted by Crippen LogP contribution is 2.17. The van der Waals surface area contributed by atoms with Gasteiger partial charge in [-0.2, -0.15) is 0 Å². The molecule has 0 N–H and O–H groups in total. The summed E-state index contributed by atoms with van der Waals surface area (Å²) in [5.74, 6) is 0. The van der Waals surface area contributed by atoms with E-state index in [0.717, 1.165) is 24.9 Å². The molecule has 2 nitrogen and oxygen atoms in total. The third-order valence-electron chi connectivity index (χ3n) is 2.48. The molecule has 17 heavy (non-hydrogen) atoms. The Bertz CT molecular complexity index is 280. The molecule has 0 saturated carbocycles. The quantitative estimate of drug-likeness (QED) is 0.726. The maximum absolute atomic E-state index is 11.0. The monoisotopic (exact) mass is 235 g/mol. The number of carbonyl (C=O) groups is 1. The zero-order chi connectivity index (χ0) is 13.1. The van der Waals surface area contributed by atoms with E-state index in [0.29, 0.717) is 0 Å². The van der Waals surface area contributed by atoms with Gasteiger partial charge in [0.2, 0.25) is 0 Å². The number of carbonyl (C=O) groups excluding carboxylic acids is 1. The van der Waals surface area contributed by atoms with Gasteiger partial charge >= 0.3 is 0 Å². The Morgan fingerprint density at radius 2 is 1.53 bits per heavy atom. The van der Waals surface area contributed by atoms with E-state index in [1.807, 2.05) is 30.3 Å². The minimum absolute atomic E-state index is 0.0915. The van der Waals surface area contributed by atoms with Crippen molar-refractivity contribution in [3.05, 3.63) is 35.9 Å². The SMILES string of the molecule is CCC.CCN(CC)C(C=O)c1ccccc1. The van der Waals surface area contributed by atoms with Crippen molar-refractivity contribution in [1.29, 1.82) is 0 Å². The van der Waals surface area contributed by atoms with Crippen molar-refractivity contribution in [1.82, 2.24) is 4.90 Å². The second-order valence-corrected chi connectivity index (χ2v) is 3.92. The van der Waals surface area contributed by atoms with Crippen LogP contribution in [0.4, 0.5) is 0 Å². The van der Waals surface area contributed by atoms with Crippen LogP contribution >= 0.6 is 0 Å². The standard InChI is InChI=1S/C12H17NO.C3H8/c1-3-13(4-2)12(10-14)11-8-6-5-7-9-11;1-3-2/h5-10,12H,3-4H2,1-2H3;3H2,1-2H3. The van der Waals surface area contributed by atoms with Crippen LogP contribution in [0.3, 0.4) is 0 Å². The molecule has 96 valence electrons. The number of nitrogens with zero attached hydrogens (tertiary/aromatic N) is 1. The number of hydrogen-bond acceptors (Lipinski definition) is 2. The van der Waals surface area contributed by atoms with Crippen LogP contribution in [0.1, 0.15) is 45.7 Å². The smallest absolute Gasteiger partial charge is 0.141 e. The highest BCUT2D eigenvalue weighted by molar-refractivity contribution is 5.61. The summed E-state index contributed by atoms with van der Waals surface area (Å²) in [4.78, 5) is 13.2. The van der Waals surface area contributed by atoms with Gasteiger partial charge in [0.15, 0.2) is 0 Å². The van der Waals surface area contributed by atoms with E-state index in [1.54, 1.807) is 0 Å². The molecule has 1 aromatic carbocycles. The van der Waals surface area contributed by atoms with Gasteiger partial charge < -0.3 is 4.79 Å². The number of benzene rings is 1. The first kappa shape index (κ1) is 15.9. The maximum Gasteiger partial charge on any atom is 0.141 e. The highest BCUT2D eigenvalue weighted by atomic mass is 16.1. The zero-order valence-corrected chi connectivity index (χ0v) is 11.5. The number of hydrogen-bond donors (Lipinski definition) is 0. The van der Waals surface area contributed by atoms with Gasteiger partial charge in [0.25, 0.3) is 0 Å². The summed E-state index contributed by atoms with van der Waals surface area (Å²) >= 11 is 0. The average molecular weight is 235 g/mol. The molecular weight excluding hydrogens is 210 g/mol. The summed E-state index contributed by atoms with van der Waals surface area (Å²) in [6.45, 7) is 10.2. The van der Waals surface area contributed by atoms with Crippen LogP contribution in [0, 0.1) is 0 Å². The van der Waals surface area contributed by atoms with Crippen molar-refractivity contribution in [3.8, 4) is 0 Å². The molecule has 0 fully saturated rings. The molecule has 0 amide bonds. The number of rotatable bonds is 5. The van der Waals surface area contributed by atoms with Crippen LogP contribution < -0.4 is 0 Å². The molecule has 0 aromatic heterocycles. The largest absolute Gasteiger partial charge is 0.301 e. The number of likely N-dealkylation sites (N-methyl/N-ethyl adjacent to an activating group) is 1. The first-order valence-electron chi connectivity index (χ1n) is 6.49. The van der Waals surface area contributed by atoms with Gasteiger partial charge in [0.05, 0.1) is 6.04 Å². The van der Waals surface area contributed by atoms with Crippen LogP contribution in [0.15, 0.2) is 30.3 Å². The van der Waals surface area contributed by atoms with Crippen LogP contribution in [-0.4, -0.2) is 24.3 Å². The topological polar surface area (TPSA) is 20.3 Å². The van der Waals surface area contributed by atoms with Crippen molar-refractivity contribution in [2.75, 3.05) is 13.1 Å². The van der Waals surface area contributed by atoms with Gasteiger partial charge in [0.1, 0.15) is 6.29 Å². The summed E-state index contributed by atoms with van der Waals surface area (Å²) in [6, 6.07) is 9.80.